The van der Waals surface area contributed by atoms with Crippen LogP contribution in [0, 0.1) is 5.82 Å². The lowest BCUT2D eigenvalue weighted by Crippen LogP contribution is -2.07. The molecule has 2 aromatic carbocycles. The van der Waals surface area contributed by atoms with Gasteiger partial charge in [0.05, 0.1) is 12.1 Å². The first kappa shape index (κ1) is 17.9. The maximum atomic E-state index is 13.2. The Morgan fingerprint density at radius 2 is 1.92 bits per heavy atom. The second kappa shape index (κ2) is 8.49. The highest BCUT2D eigenvalue weighted by molar-refractivity contribution is 6.31. The number of ether oxygens (including phenoxy) is 1. The first-order valence-corrected chi connectivity index (χ1v) is 8.43. The molecule has 0 saturated heterocycles. The molecule has 0 aliphatic rings. The van der Waals surface area contributed by atoms with Gasteiger partial charge < -0.3 is 15.4 Å². The van der Waals surface area contributed by atoms with Gasteiger partial charge in [0, 0.05) is 18.3 Å². The molecule has 0 aliphatic heterocycles. The average molecular weight is 373 g/mol. The minimum Gasteiger partial charge on any atom is -0.497 e. The van der Waals surface area contributed by atoms with Crippen LogP contribution in [0.5, 0.6) is 5.75 Å². The molecule has 0 bridgehead atoms. The fourth-order valence-corrected chi connectivity index (χ4v) is 2.59. The van der Waals surface area contributed by atoms with Gasteiger partial charge in [-0.3, -0.25) is 0 Å². The highest BCUT2D eigenvalue weighted by atomic mass is 35.5. The molecule has 134 valence electrons. The van der Waals surface area contributed by atoms with Crippen LogP contribution in [0.1, 0.15) is 5.56 Å². The van der Waals surface area contributed by atoms with Gasteiger partial charge in [0.15, 0.2) is 0 Å². The molecule has 1 heterocycles. The van der Waals surface area contributed by atoms with Gasteiger partial charge in [0.1, 0.15) is 29.5 Å². The van der Waals surface area contributed by atoms with Gasteiger partial charge in [-0.05, 0) is 42.3 Å². The van der Waals surface area contributed by atoms with E-state index in [1.54, 1.807) is 19.2 Å². The zero-order valence-electron chi connectivity index (χ0n) is 14.2. The van der Waals surface area contributed by atoms with Crippen molar-refractivity contribution in [1.29, 1.82) is 0 Å². The Balaban J connectivity index is 1.59. The normalized spacial score (nSPS) is 10.4. The number of hydrogen-bond donors (Lipinski definition) is 2. The largest absolute Gasteiger partial charge is 0.497 e. The molecule has 0 atom stereocenters. The van der Waals surface area contributed by atoms with E-state index in [9.17, 15) is 4.39 Å². The highest BCUT2D eigenvalue weighted by Gasteiger charge is 2.04. The van der Waals surface area contributed by atoms with Crippen molar-refractivity contribution in [2.45, 2.75) is 6.42 Å². The maximum absolute atomic E-state index is 13.2. The van der Waals surface area contributed by atoms with E-state index in [-0.39, 0.29) is 5.02 Å². The predicted molar refractivity (Wildman–Crippen MR) is 102 cm³/mol. The fraction of sp³-hybridized carbons (Fsp3) is 0.158. The third kappa shape index (κ3) is 4.83. The van der Waals surface area contributed by atoms with Crippen LogP contribution in [0.2, 0.25) is 5.02 Å². The molecule has 5 nitrogen and oxygen atoms in total. The van der Waals surface area contributed by atoms with Gasteiger partial charge in [0.25, 0.3) is 0 Å². The van der Waals surface area contributed by atoms with Crippen LogP contribution in [0.4, 0.5) is 21.7 Å². The number of rotatable bonds is 7. The molecular weight excluding hydrogens is 355 g/mol. The van der Waals surface area contributed by atoms with E-state index in [0.29, 0.717) is 23.9 Å². The summed E-state index contributed by atoms with van der Waals surface area (Å²) in [6.07, 6.45) is 2.29. The standard InChI is InChI=1S/C19H18ClFN4O/c1-26-15-4-2-3-13(9-15)7-8-22-18-11-19(24-12-23-18)25-14-5-6-17(21)16(20)10-14/h2-6,9-12H,7-8H2,1H3,(H2,22,23,24,25). The van der Waals surface area contributed by atoms with E-state index in [1.807, 2.05) is 18.2 Å². The van der Waals surface area contributed by atoms with Crippen LogP contribution < -0.4 is 15.4 Å². The molecule has 0 unspecified atom stereocenters. The zero-order valence-corrected chi connectivity index (χ0v) is 14.9. The molecule has 7 heteroatoms. The van der Waals surface area contributed by atoms with Crippen molar-refractivity contribution < 1.29 is 9.13 Å². The smallest absolute Gasteiger partial charge is 0.141 e. The van der Waals surface area contributed by atoms with Gasteiger partial charge in [0.2, 0.25) is 0 Å². The summed E-state index contributed by atoms with van der Waals surface area (Å²) in [5.41, 5.74) is 1.82. The van der Waals surface area contributed by atoms with Crippen molar-refractivity contribution in [2.75, 3.05) is 24.3 Å². The minimum atomic E-state index is -0.459. The summed E-state index contributed by atoms with van der Waals surface area (Å²) in [5.74, 6) is 1.67. The van der Waals surface area contributed by atoms with Crippen LogP contribution in [0.25, 0.3) is 0 Å². The molecule has 0 amide bonds. The summed E-state index contributed by atoms with van der Waals surface area (Å²) in [5, 5.41) is 6.39. The van der Waals surface area contributed by atoms with Crippen LogP contribution in [-0.2, 0) is 6.42 Å². The van der Waals surface area contributed by atoms with Gasteiger partial charge in [-0.1, -0.05) is 23.7 Å². The van der Waals surface area contributed by atoms with Crippen LogP contribution in [0.3, 0.4) is 0 Å². The van der Waals surface area contributed by atoms with Crippen LogP contribution in [0.15, 0.2) is 54.9 Å². The Hall–Kier alpha value is -2.86. The number of nitrogens with one attached hydrogen (secondary N) is 2. The molecule has 26 heavy (non-hydrogen) atoms. The Morgan fingerprint density at radius 1 is 1.08 bits per heavy atom. The Kier molecular flexibility index (Phi) is 5.86. The molecule has 0 fully saturated rings. The van der Waals surface area contributed by atoms with Crippen LogP contribution in [-0.4, -0.2) is 23.6 Å². The monoisotopic (exact) mass is 372 g/mol. The number of hydrogen-bond acceptors (Lipinski definition) is 5. The summed E-state index contributed by atoms with van der Waals surface area (Å²) in [6.45, 7) is 0.714. The SMILES string of the molecule is COc1cccc(CCNc2cc(Nc3ccc(F)c(Cl)c3)ncn2)c1. The fourth-order valence-electron chi connectivity index (χ4n) is 2.41. The van der Waals surface area contributed by atoms with Crippen molar-refractivity contribution in [3.05, 3.63) is 71.3 Å². The Morgan fingerprint density at radius 3 is 2.73 bits per heavy atom. The molecule has 0 aliphatic carbocycles. The number of anilines is 3. The van der Waals surface area contributed by atoms with Gasteiger partial charge in [-0.25, -0.2) is 14.4 Å². The zero-order chi connectivity index (χ0) is 18.4. The highest BCUT2D eigenvalue weighted by Crippen LogP contribution is 2.22. The van der Waals surface area contributed by atoms with Crippen molar-refractivity contribution in [2.24, 2.45) is 0 Å². The van der Waals surface area contributed by atoms with Crippen molar-refractivity contribution >= 4 is 28.9 Å². The van der Waals surface area contributed by atoms with E-state index < -0.39 is 5.82 Å². The molecule has 0 spiro atoms. The van der Waals surface area contributed by atoms with E-state index in [1.165, 1.54) is 24.0 Å². The van der Waals surface area contributed by atoms with Gasteiger partial charge in [-0.2, -0.15) is 0 Å². The summed E-state index contributed by atoms with van der Waals surface area (Å²) < 4.78 is 18.5. The Labute approximate surface area is 156 Å². The minimum absolute atomic E-state index is 0.0562. The number of aromatic nitrogens is 2. The number of nitrogens with zero attached hydrogens (tertiary/aromatic N) is 2. The number of methoxy groups -OCH3 is 1. The topological polar surface area (TPSA) is 59.1 Å². The van der Waals surface area contributed by atoms with E-state index in [2.05, 4.69) is 26.7 Å². The molecule has 3 aromatic rings. The first-order valence-electron chi connectivity index (χ1n) is 8.05. The lowest BCUT2D eigenvalue weighted by molar-refractivity contribution is 0.414. The van der Waals surface area contributed by atoms with Gasteiger partial charge in [-0.15, -0.1) is 0 Å². The third-order valence-electron chi connectivity index (χ3n) is 3.71. The second-order valence-electron chi connectivity index (χ2n) is 5.57. The lowest BCUT2D eigenvalue weighted by atomic mass is 10.1. The molecule has 1 aromatic heterocycles. The lowest BCUT2D eigenvalue weighted by Gasteiger charge is -2.09. The summed E-state index contributed by atoms with van der Waals surface area (Å²) in [7, 11) is 1.65. The quantitative estimate of drug-likeness (QED) is 0.630. The van der Waals surface area contributed by atoms with Gasteiger partial charge >= 0.3 is 0 Å². The second-order valence-corrected chi connectivity index (χ2v) is 5.98. The van der Waals surface area contributed by atoms with Crippen molar-refractivity contribution in [1.82, 2.24) is 9.97 Å². The molecule has 0 saturated carbocycles. The van der Waals surface area contributed by atoms with E-state index >= 15 is 0 Å². The Bertz CT molecular complexity index is 891. The maximum Gasteiger partial charge on any atom is 0.141 e. The predicted octanol–water partition coefficient (Wildman–Crippen LogP) is 4.68. The number of halogens is 2. The first-order chi connectivity index (χ1) is 12.6. The van der Waals surface area contributed by atoms with E-state index in [0.717, 1.165) is 12.2 Å². The summed E-state index contributed by atoms with van der Waals surface area (Å²) in [4.78, 5) is 8.36. The van der Waals surface area contributed by atoms with E-state index in [4.69, 9.17) is 16.3 Å². The van der Waals surface area contributed by atoms with Crippen molar-refractivity contribution in [3.8, 4) is 5.75 Å². The third-order valence-corrected chi connectivity index (χ3v) is 4.00. The van der Waals surface area contributed by atoms with Crippen molar-refractivity contribution in [3.63, 3.8) is 0 Å². The summed E-state index contributed by atoms with van der Waals surface area (Å²) in [6, 6.07) is 14.1. The molecule has 3 rings (SSSR count). The molecule has 2 N–H and O–H groups in total. The van der Waals surface area contributed by atoms with Crippen LogP contribution >= 0.6 is 11.6 Å². The average Bonchev–Trinajstić information content (AvgIpc) is 2.65. The molecular formula is C19H18ClFN4O. The molecule has 0 radical (unpaired) electrons. The number of benzene rings is 2. The summed E-state index contributed by atoms with van der Waals surface area (Å²) >= 11 is 5.79.